The predicted octanol–water partition coefficient (Wildman–Crippen LogP) is 1.36. The van der Waals surface area contributed by atoms with Crippen LogP contribution in [0.3, 0.4) is 0 Å². The Kier molecular flexibility index (Phi) is 5.51. The summed E-state index contributed by atoms with van der Waals surface area (Å²) in [5, 5.41) is 8.41. The van der Waals surface area contributed by atoms with Crippen LogP contribution in [-0.4, -0.2) is 42.1 Å². The van der Waals surface area contributed by atoms with E-state index < -0.39 is 12.6 Å². The highest BCUT2D eigenvalue weighted by Gasteiger charge is 2.11. The van der Waals surface area contributed by atoms with Crippen molar-refractivity contribution in [2.75, 3.05) is 20.3 Å². The number of aliphatic carboxylic acids is 1. The topological polar surface area (TPSA) is 66.8 Å². The number of carbonyl (C=O) groups excluding carboxylic acids is 1. The van der Waals surface area contributed by atoms with Crippen molar-refractivity contribution >= 4 is 11.9 Å². The summed E-state index contributed by atoms with van der Waals surface area (Å²) < 4.78 is 4.77. The van der Waals surface area contributed by atoms with E-state index in [1.807, 2.05) is 26.0 Å². The van der Waals surface area contributed by atoms with Gasteiger partial charge >= 0.3 is 5.97 Å². The van der Waals surface area contributed by atoms with Crippen molar-refractivity contribution in [1.29, 1.82) is 0 Å². The van der Waals surface area contributed by atoms with Gasteiger partial charge in [0, 0.05) is 13.6 Å². The fourth-order valence-electron chi connectivity index (χ4n) is 1.70. The first-order chi connectivity index (χ1) is 8.90. The average molecular weight is 265 g/mol. The lowest BCUT2D eigenvalue weighted by Gasteiger charge is -2.18. The maximum absolute atomic E-state index is 11.7. The van der Waals surface area contributed by atoms with E-state index in [0.717, 1.165) is 11.1 Å². The zero-order chi connectivity index (χ0) is 14.4. The molecule has 0 aromatic heterocycles. The number of likely N-dealkylation sites (N-methyl/N-ethyl adjacent to an activating group) is 1. The monoisotopic (exact) mass is 265 g/mol. The first-order valence-electron chi connectivity index (χ1n) is 5.99. The molecule has 0 saturated heterocycles. The zero-order valence-electron chi connectivity index (χ0n) is 11.5. The smallest absolute Gasteiger partial charge is 0.329 e. The maximum Gasteiger partial charge on any atom is 0.329 e. The number of carboxylic acids is 1. The lowest BCUT2D eigenvalue weighted by Crippen LogP contribution is -2.30. The van der Waals surface area contributed by atoms with Gasteiger partial charge in [0.1, 0.15) is 13.2 Å². The van der Waals surface area contributed by atoms with E-state index in [0.29, 0.717) is 6.54 Å². The Hall–Kier alpha value is -1.88. The van der Waals surface area contributed by atoms with Crippen molar-refractivity contribution in [1.82, 2.24) is 4.90 Å². The van der Waals surface area contributed by atoms with Crippen molar-refractivity contribution < 1.29 is 19.4 Å². The fourth-order valence-corrected chi connectivity index (χ4v) is 1.70. The quantitative estimate of drug-likeness (QED) is 0.843. The number of carboxylic acid groups (broad SMARTS) is 1. The summed E-state index contributed by atoms with van der Waals surface area (Å²) in [4.78, 5) is 23.5. The number of ether oxygens (including phenoxy) is 1. The van der Waals surface area contributed by atoms with Gasteiger partial charge in [-0.15, -0.1) is 0 Å². The minimum Gasteiger partial charge on any atom is -0.480 e. The second-order valence-corrected chi connectivity index (χ2v) is 4.57. The molecular weight excluding hydrogens is 246 g/mol. The third-order valence-electron chi connectivity index (χ3n) is 2.78. The molecule has 0 aliphatic rings. The largest absolute Gasteiger partial charge is 0.480 e. The minimum absolute atomic E-state index is 0.215. The number of nitrogens with zero attached hydrogens (tertiary/aromatic N) is 1. The molecular formula is C14H19NO4. The van der Waals surface area contributed by atoms with Gasteiger partial charge in [-0.3, -0.25) is 4.79 Å². The molecule has 0 unspecified atom stereocenters. The molecule has 0 aliphatic carbocycles. The Bertz CT molecular complexity index is 471. The van der Waals surface area contributed by atoms with Crippen LogP contribution >= 0.6 is 0 Å². The van der Waals surface area contributed by atoms with Crippen LogP contribution in [0.4, 0.5) is 0 Å². The number of aryl methyl sites for hydroxylation is 2. The van der Waals surface area contributed by atoms with Gasteiger partial charge in [-0.2, -0.15) is 0 Å². The van der Waals surface area contributed by atoms with Gasteiger partial charge in [-0.1, -0.05) is 23.8 Å². The van der Waals surface area contributed by atoms with Crippen molar-refractivity contribution in [3.8, 4) is 0 Å². The van der Waals surface area contributed by atoms with E-state index in [1.165, 1.54) is 10.5 Å². The SMILES string of the molecule is Cc1ccc(CN(C)C(=O)COCC(=O)O)c(C)c1. The Balaban J connectivity index is 2.51. The molecule has 19 heavy (non-hydrogen) atoms. The van der Waals surface area contributed by atoms with Gasteiger partial charge in [0.2, 0.25) is 5.91 Å². The van der Waals surface area contributed by atoms with E-state index >= 15 is 0 Å². The van der Waals surface area contributed by atoms with Gasteiger partial charge in [0.15, 0.2) is 0 Å². The van der Waals surface area contributed by atoms with Crippen LogP contribution < -0.4 is 0 Å². The van der Waals surface area contributed by atoms with Gasteiger partial charge < -0.3 is 14.7 Å². The molecule has 1 aromatic carbocycles. The first-order valence-corrected chi connectivity index (χ1v) is 5.99. The van der Waals surface area contributed by atoms with Crippen LogP contribution in [0.1, 0.15) is 16.7 Å². The van der Waals surface area contributed by atoms with Crippen LogP contribution in [-0.2, 0) is 20.9 Å². The number of benzene rings is 1. The van der Waals surface area contributed by atoms with Gasteiger partial charge in [-0.05, 0) is 25.0 Å². The predicted molar refractivity (Wildman–Crippen MR) is 70.8 cm³/mol. The Morgan fingerprint density at radius 2 is 1.95 bits per heavy atom. The summed E-state index contributed by atoms with van der Waals surface area (Å²) in [6.07, 6.45) is 0. The summed E-state index contributed by atoms with van der Waals surface area (Å²) in [5.74, 6) is -1.31. The fraction of sp³-hybridized carbons (Fsp3) is 0.429. The van der Waals surface area contributed by atoms with Gasteiger partial charge in [-0.25, -0.2) is 4.79 Å². The van der Waals surface area contributed by atoms with E-state index in [4.69, 9.17) is 9.84 Å². The molecule has 1 N–H and O–H groups in total. The summed E-state index contributed by atoms with van der Waals surface area (Å²) in [6.45, 7) is 3.84. The molecule has 5 heteroatoms. The molecule has 0 saturated carbocycles. The van der Waals surface area contributed by atoms with E-state index in [2.05, 4.69) is 6.07 Å². The number of hydrogen-bond acceptors (Lipinski definition) is 3. The molecule has 0 aliphatic heterocycles. The first kappa shape index (κ1) is 15.2. The zero-order valence-corrected chi connectivity index (χ0v) is 11.5. The molecule has 5 nitrogen and oxygen atoms in total. The number of carbonyl (C=O) groups is 2. The summed E-state index contributed by atoms with van der Waals surface area (Å²) in [6, 6.07) is 6.06. The lowest BCUT2D eigenvalue weighted by atomic mass is 10.1. The average Bonchev–Trinajstić information content (AvgIpc) is 2.32. The van der Waals surface area contributed by atoms with Crippen molar-refractivity contribution in [2.24, 2.45) is 0 Å². The number of rotatable bonds is 6. The second kappa shape index (κ2) is 6.89. The highest BCUT2D eigenvalue weighted by molar-refractivity contribution is 5.77. The molecule has 1 amide bonds. The van der Waals surface area contributed by atoms with Crippen LogP contribution in [0.15, 0.2) is 18.2 Å². The molecule has 0 radical (unpaired) electrons. The molecule has 104 valence electrons. The Morgan fingerprint density at radius 3 is 2.53 bits per heavy atom. The summed E-state index contributed by atoms with van der Waals surface area (Å²) in [7, 11) is 1.67. The summed E-state index contributed by atoms with van der Waals surface area (Å²) in [5.41, 5.74) is 3.38. The van der Waals surface area contributed by atoms with Crippen LogP contribution in [0, 0.1) is 13.8 Å². The Labute approximate surface area is 112 Å². The molecule has 0 bridgehead atoms. The van der Waals surface area contributed by atoms with Crippen molar-refractivity contribution in [2.45, 2.75) is 20.4 Å². The second-order valence-electron chi connectivity index (χ2n) is 4.57. The highest BCUT2D eigenvalue weighted by atomic mass is 16.5. The van der Waals surface area contributed by atoms with E-state index in [9.17, 15) is 9.59 Å². The normalized spacial score (nSPS) is 10.3. The standard InChI is InChI=1S/C14H19NO4/c1-10-4-5-12(11(2)6-10)7-15(3)13(16)8-19-9-14(17)18/h4-6H,7-9H2,1-3H3,(H,17,18). The molecule has 0 fully saturated rings. The van der Waals surface area contributed by atoms with E-state index in [1.54, 1.807) is 7.05 Å². The minimum atomic E-state index is -1.08. The van der Waals surface area contributed by atoms with Crippen LogP contribution in [0.5, 0.6) is 0 Å². The van der Waals surface area contributed by atoms with Crippen molar-refractivity contribution in [3.63, 3.8) is 0 Å². The highest BCUT2D eigenvalue weighted by Crippen LogP contribution is 2.12. The Morgan fingerprint density at radius 1 is 1.26 bits per heavy atom. The molecule has 1 aromatic rings. The third kappa shape index (κ3) is 5.09. The van der Waals surface area contributed by atoms with Gasteiger partial charge in [0.05, 0.1) is 0 Å². The van der Waals surface area contributed by atoms with Gasteiger partial charge in [0.25, 0.3) is 0 Å². The maximum atomic E-state index is 11.7. The molecule has 0 spiro atoms. The van der Waals surface area contributed by atoms with E-state index in [-0.39, 0.29) is 12.5 Å². The van der Waals surface area contributed by atoms with Crippen LogP contribution in [0.25, 0.3) is 0 Å². The van der Waals surface area contributed by atoms with Crippen molar-refractivity contribution in [3.05, 3.63) is 34.9 Å². The number of hydrogen-bond donors (Lipinski definition) is 1. The number of amides is 1. The molecule has 0 heterocycles. The third-order valence-corrected chi connectivity index (χ3v) is 2.78. The molecule has 0 atom stereocenters. The summed E-state index contributed by atoms with van der Waals surface area (Å²) >= 11 is 0. The van der Waals surface area contributed by atoms with Crippen LogP contribution in [0.2, 0.25) is 0 Å². The molecule has 1 rings (SSSR count). The lowest BCUT2D eigenvalue weighted by molar-refractivity contribution is -0.145.